The van der Waals surface area contributed by atoms with Crippen LogP contribution in [0.2, 0.25) is 0 Å². The van der Waals surface area contributed by atoms with E-state index in [-0.39, 0.29) is 5.91 Å². The van der Waals surface area contributed by atoms with Gasteiger partial charge in [0.1, 0.15) is 12.4 Å². The van der Waals surface area contributed by atoms with Gasteiger partial charge in [0, 0.05) is 6.54 Å². The molecular weight excluding hydrogens is 266 g/mol. The summed E-state index contributed by atoms with van der Waals surface area (Å²) in [5, 5.41) is 10.7. The fraction of sp³-hybridized carbons (Fsp3) is 0.400. The summed E-state index contributed by atoms with van der Waals surface area (Å²) >= 11 is 0. The molecule has 2 rings (SSSR count). The van der Waals surface area contributed by atoms with Crippen molar-refractivity contribution in [2.45, 2.75) is 32.4 Å². The Morgan fingerprint density at radius 2 is 2.14 bits per heavy atom. The summed E-state index contributed by atoms with van der Waals surface area (Å²) in [6, 6.07) is 9.12. The van der Waals surface area contributed by atoms with Crippen LogP contribution in [0.4, 0.5) is 0 Å². The van der Waals surface area contributed by atoms with Crippen molar-refractivity contribution in [3.63, 3.8) is 0 Å². The number of hydrogen-bond acceptors (Lipinski definition) is 4. The van der Waals surface area contributed by atoms with Gasteiger partial charge < -0.3 is 15.6 Å². The molecule has 3 N–H and O–H groups in total. The molecule has 1 aromatic carbocycles. The number of benzene rings is 1. The van der Waals surface area contributed by atoms with Gasteiger partial charge in [0.15, 0.2) is 5.82 Å². The third kappa shape index (κ3) is 4.13. The van der Waals surface area contributed by atoms with E-state index in [1.54, 1.807) is 10.9 Å². The minimum absolute atomic E-state index is 0.217. The standard InChI is InChI=1S/C15H21N5O/c1-2-3-9-17-15(21)13(16)14-19-18-11-20(14)10-12-7-5-4-6-8-12/h4-8,11,13H,2-3,9-10,16H2,1H3,(H,17,21). The lowest BCUT2D eigenvalue weighted by Crippen LogP contribution is -2.36. The lowest BCUT2D eigenvalue weighted by Gasteiger charge is -2.13. The summed E-state index contributed by atoms with van der Waals surface area (Å²) in [6.07, 6.45) is 3.57. The summed E-state index contributed by atoms with van der Waals surface area (Å²) < 4.78 is 1.80. The predicted molar refractivity (Wildman–Crippen MR) is 80.4 cm³/mol. The minimum Gasteiger partial charge on any atom is -0.354 e. The van der Waals surface area contributed by atoms with Crippen LogP contribution >= 0.6 is 0 Å². The van der Waals surface area contributed by atoms with E-state index in [4.69, 9.17) is 5.73 Å². The van der Waals surface area contributed by atoms with E-state index in [1.165, 1.54) is 0 Å². The Bertz CT molecular complexity index is 566. The molecule has 0 saturated carbocycles. The SMILES string of the molecule is CCCCNC(=O)C(N)c1nncn1Cc1ccccc1. The fourth-order valence-electron chi connectivity index (χ4n) is 2.02. The number of aromatic nitrogens is 3. The zero-order valence-electron chi connectivity index (χ0n) is 12.2. The first kappa shape index (κ1) is 15.2. The van der Waals surface area contributed by atoms with E-state index in [0.29, 0.717) is 18.9 Å². The molecule has 21 heavy (non-hydrogen) atoms. The van der Waals surface area contributed by atoms with Gasteiger partial charge in [0.05, 0.1) is 6.54 Å². The molecule has 2 aromatic rings. The third-order valence-corrected chi connectivity index (χ3v) is 3.23. The number of carbonyl (C=O) groups excluding carboxylic acids is 1. The molecule has 112 valence electrons. The molecule has 1 unspecified atom stereocenters. The monoisotopic (exact) mass is 287 g/mol. The van der Waals surface area contributed by atoms with Crippen molar-refractivity contribution >= 4 is 5.91 Å². The lowest BCUT2D eigenvalue weighted by atomic mass is 10.2. The summed E-state index contributed by atoms with van der Waals surface area (Å²) in [7, 11) is 0. The number of hydrogen-bond donors (Lipinski definition) is 2. The molecule has 1 atom stereocenters. The highest BCUT2D eigenvalue weighted by Crippen LogP contribution is 2.10. The molecule has 0 fully saturated rings. The number of nitrogens with two attached hydrogens (primary N) is 1. The van der Waals surface area contributed by atoms with Crippen molar-refractivity contribution in [3.8, 4) is 0 Å². The zero-order valence-corrected chi connectivity index (χ0v) is 12.2. The molecule has 0 aliphatic heterocycles. The zero-order chi connectivity index (χ0) is 15.1. The van der Waals surface area contributed by atoms with Crippen LogP contribution in [-0.2, 0) is 11.3 Å². The highest BCUT2D eigenvalue weighted by atomic mass is 16.2. The fourth-order valence-corrected chi connectivity index (χ4v) is 2.02. The smallest absolute Gasteiger partial charge is 0.244 e. The summed E-state index contributed by atoms with van der Waals surface area (Å²) in [5.41, 5.74) is 7.09. The number of nitrogens with zero attached hydrogens (tertiary/aromatic N) is 3. The van der Waals surface area contributed by atoms with Crippen LogP contribution in [0.1, 0.15) is 37.2 Å². The predicted octanol–water partition coefficient (Wildman–Crippen LogP) is 1.24. The Morgan fingerprint density at radius 1 is 1.38 bits per heavy atom. The lowest BCUT2D eigenvalue weighted by molar-refractivity contribution is -0.122. The van der Waals surface area contributed by atoms with Crippen LogP contribution in [0.25, 0.3) is 0 Å². The number of unbranched alkanes of at least 4 members (excludes halogenated alkanes) is 1. The third-order valence-electron chi connectivity index (χ3n) is 3.23. The Labute approximate surface area is 124 Å². The number of carbonyl (C=O) groups is 1. The minimum atomic E-state index is -0.798. The van der Waals surface area contributed by atoms with Gasteiger partial charge in [-0.05, 0) is 12.0 Å². The molecule has 1 aromatic heterocycles. The molecule has 1 heterocycles. The first-order valence-corrected chi connectivity index (χ1v) is 7.17. The topological polar surface area (TPSA) is 85.8 Å². The van der Waals surface area contributed by atoms with Crippen molar-refractivity contribution in [2.75, 3.05) is 6.54 Å². The van der Waals surface area contributed by atoms with Gasteiger partial charge in [-0.2, -0.15) is 0 Å². The van der Waals surface area contributed by atoms with E-state index in [1.807, 2.05) is 30.3 Å². The molecular formula is C15H21N5O. The summed E-state index contributed by atoms with van der Waals surface area (Å²) in [4.78, 5) is 12.0. The number of amides is 1. The van der Waals surface area contributed by atoms with Crippen molar-refractivity contribution in [3.05, 3.63) is 48.0 Å². The quantitative estimate of drug-likeness (QED) is 0.750. The van der Waals surface area contributed by atoms with Gasteiger partial charge >= 0.3 is 0 Å². The van der Waals surface area contributed by atoms with Gasteiger partial charge in [-0.25, -0.2) is 0 Å². The second kappa shape index (κ2) is 7.54. The molecule has 0 radical (unpaired) electrons. The maximum atomic E-state index is 12.0. The van der Waals surface area contributed by atoms with Crippen LogP contribution in [-0.4, -0.2) is 27.2 Å². The normalized spacial score (nSPS) is 12.1. The average molecular weight is 287 g/mol. The first-order valence-electron chi connectivity index (χ1n) is 7.17. The molecule has 1 amide bonds. The Kier molecular flexibility index (Phi) is 5.45. The molecule has 0 saturated heterocycles. The van der Waals surface area contributed by atoms with Crippen LogP contribution in [0.15, 0.2) is 36.7 Å². The first-order chi connectivity index (χ1) is 10.2. The molecule has 0 spiro atoms. The average Bonchev–Trinajstić information content (AvgIpc) is 2.95. The highest BCUT2D eigenvalue weighted by molar-refractivity contribution is 5.81. The van der Waals surface area contributed by atoms with Crippen LogP contribution in [0.3, 0.4) is 0 Å². The van der Waals surface area contributed by atoms with Gasteiger partial charge in [0.25, 0.3) is 0 Å². The highest BCUT2D eigenvalue weighted by Gasteiger charge is 2.21. The van der Waals surface area contributed by atoms with E-state index in [9.17, 15) is 4.79 Å². The van der Waals surface area contributed by atoms with Crippen molar-refractivity contribution in [1.82, 2.24) is 20.1 Å². The summed E-state index contributed by atoms with van der Waals surface area (Å²) in [5.74, 6) is 0.263. The Hall–Kier alpha value is -2.21. The summed E-state index contributed by atoms with van der Waals surface area (Å²) in [6.45, 7) is 3.30. The van der Waals surface area contributed by atoms with E-state index < -0.39 is 6.04 Å². The maximum absolute atomic E-state index is 12.0. The van der Waals surface area contributed by atoms with Crippen molar-refractivity contribution in [2.24, 2.45) is 5.73 Å². The second-order valence-electron chi connectivity index (χ2n) is 4.92. The molecule has 6 heteroatoms. The maximum Gasteiger partial charge on any atom is 0.244 e. The van der Waals surface area contributed by atoms with E-state index in [2.05, 4.69) is 22.4 Å². The van der Waals surface area contributed by atoms with Gasteiger partial charge in [-0.1, -0.05) is 43.7 Å². The number of rotatable bonds is 7. The van der Waals surface area contributed by atoms with E-state index in [0.717, 1.165) is 18.4 Å². The van der Waals surface area contributed by atoms with Crippen LogP contribution in [0, 0.1) is 0 Å². The molecule has 0 aliphatic rings. The van der Waals surface area contributed by atoms with Gasteiger partial charge in [-0.15, -0.1) is 10.2 Å². The molecule has 6 nitrogen and oxygen atoms in total. The Balaban J connectivity index is 2.03. The molecule has 0 aliphatic carbocycles. The van der Waals surface area contributed by atoms with Crippen molar-refractivity contribution < 1.29 is 4.79 Å². The number of nitrogens with one attached hydrogen (secondary N) is 1. The van der Waals surface area contributed by atoms with Crippen LogP contribution < -0.4 is 11.1 Å². The van der Waals surface area contributed by atoms with E-state index >= 15 is 0 Å². The van der Waals surface area contributed by atoms with Crippen LogP contribution in [0.5, 0.6) is 0 Å². The second-order valence-corrected chi connectivity index (χ2v) is 4.92. The molecule has 0 bridgehead atoms. The van der Waals surface area contributed by atoms with Gasteiger partial charge in [-0.3, -0.25) is 4.79 Å². The largest absolute Gasteiger partial charge is 0.354 e. The Morgan fingerprint density at radius 3 is 2.86 bits per heavy atom. The van der Waals surface area contributed by atoms with Crippen molar-refractivity contribution in [1.29, 1.82) is 0 Å². The van der Waals surface area contributed by atoms with Gasteiger partial charge in [0.2, 0.25) is 5.91 Å².